The molecule has 0 saturated carbocycles. The van der Waals surface area contributed by atoms with Crippen LogP contribution in [0.4, 0.5) is 0 Å². The third kappa shape index (κ3) is 2.56. The first-order chi connectivity index (χ1) is 8.26. The van der Waals surface area contributed by atoms with Crippen LogP contribution in [0.5, 0.6) is 0 Å². The Labute approximate surface area is 111 Å². The Morgan fingerprint density at radius 1 is 1.12 bits per heavy atom. The lowest BCUT2D eigenvalue weighted by molar-refractivity contribution is -0.173. The van der Waals surface area contributed by atoms with E-state index in [0.29, 0.717) is 0 Å². The van der Waals surface area contributed by atoms with E-state index in [1.54, 1.807) is 0 Å². The summed E-state index contributed by atoms with van der Waals surface area (Å²) in [6.45, 7) is 4.40. The molecule has 1 aromatic rings. The molecule has 0 atom stereocenters. The summed E-state index contributed by atoms with van der Waals surface area (Å²) in [7, 11) is 0. The summed E-state index contributed by atoms with van der Waals surface area (Å²) in [5.74, 6) is 0. The smallest absolute Gasteiger partial charge is 0.0728 e. The number of ether oxygens (including phenoxy) is 1. The van der Waals surface area contributed by atoms with Crippen LogP contribution in [0.25, 0.3) is 0 Å². The van der Waals surface area contributed by atoms with Crippen molar-refractivity contribution in [2.75, 3.05) is 19.7 Å². The van der Waals surface area contributed by atoms with Crippen molar-refractivity contribution in [1.82, 2.24) is 4.90 Å². The maximum atomic E-state index is 5.74. The lowest BCUT2D eigenvalue weighted by Crippen LogP contribution is -2.52. The summed E-state index contributed by atoms with van der Waals surface area (Å²) in [5.41, 5.74) is 1.68. The Balaban J connectivity index is 1.55. The lowest BCUT2D eigenvalue weighted by Gasteiger charge is -2.47. The van der Waals surface area contributed by atoms with Crippen molar-refractivity contribution in [1.29, 1.82) is 0 Å². The van der Waals surface area contributed by atoms with Crippen LogP contribution in [0.1, 0.15) is 24.8 Å². The highest BCUT2D eigenvalue weighted by Gasteiger charge is 2.40. The van der Waals surface area contributed by atoms with Gasteiger partial charge in [0.2, 0.25) is 0 Å². The molecular weight excluding hydrogens is 278 g/mol. The topological polar surface area (TPSA) is 12.5 Å². The molecule has 2 aliphatic heterocycles. The molecule has 92 valence electrons. The van der Waals surface area contributed by atoms with Crippen LogP contribution in [-0.4, -0.2) is 30.2 Å². The van der Waals surface area contributed by atoms with Crippen LogP contribution < -0.4 is 0 Å². The van der Waals surface area contributed by atoms with Crippen LogP contribution in [0.3, 0.4) is 0 Å². The van der Waals surface area contributed by atoms with Crippen molar-refractivity contribution in [3.8, 4) is 0 Å². The quantitative estimate of drug-likeness (QED) is 0.831. The molecule has 2 heterocycles. The molecule has 2 nitrogen and oxygen atoms in total. The molecule has 1 spiro atoms. The number of hydrogen-bond donors (Lipinski definition) is 0. The predicted octanol–water partition coefficient (Wildman–Crippen LogP) is 3.20. The molecule has 0 bridgehead atoms. The number of piperidine rings is 1. The Morgan fingerprint density at radius 2 is 1.76 bits per heavy atom. The molecule has 0 aliphatic carbocycles. The van der Waals surface area contributed by atoms with E-state index in [2.05, 4.69) is 45.1 Å². The molecule has 0 N–H and O–H groups in total. The van der Waals surface area contributed by atoms with Gasteiger partial charge in [0, 0.05) is 24.1 Å². The van der Waals surface area contributed by atoms with Gasteiger partial charge in [-0.2, -0.15) is 0 Å². The van der Waals surface area contributed by atoms with E-state index in [1.807, 2.05) is 0 Å². The molecule has 2 aliphatic rings. The highest BCUT2D eigenvalue weighted by Crippen LogP contribution is 2.36. The van der Waals surface area contributed by atoms with Crippen molar-refractivity contribution in [2.24, 2.45) is 0 Å². The van der Waals surface area contributed by atoms with E-state index in [0.717, 1.165) is 17.6 Å². The fourth-order valence-corrected chi connectivity index (χ4v) is 3.02. The second kappa shape index (κ2) is 4.71. The minimum absolute atomic E-state index is 0.274. The van der Waals surface area contributed by atoms with Gasteiger partial charge < -0.3 is 4.74 Å². The van der Waals surface area contributed by atoms with Gasteiger partial charge in [0.1, 0.15) is 0 Å². The second-order valence-corrected chi connectivity index (χ2v) is 6.10. The van der Waals surface area contributed by atoms with Crippen molar-refractivity contribution in [3.05, 3.63) is 34.3 Å². The number of benzene rings is 1. The van der Waals surface area contributed by atoms with Crippen LogP contribution in [-0.2, 0) is 11.3 Å². The van der Waals surface area contributed by atoms with Gasteiger partial charge in [0.05, 0.1) is 12.2 Å². The van der Waals surface area contributed by atoms with Gasteiger partial charge >= 0.3 is 0 Å². The van der Waals surface area contributed by atoms with E-state index in [-0.39, 0.29) is 5.60 Å². The maximum absolute atomic E-state index is 5.74. The molecule has 1 aromatic carbocycles. The molecule has 0 radical (unpaired) electrons. The molecule has 0 aromatic heterocycles. The molecule has 3 heteroatoms. The van der Waals surface area contributed by atoms with E-state index in [4.69, 9.17) is 4.74 Å². The van der Waals surface area contributed by atoms with Gasteiger partial charge in [-0.1, -0.05) is 28.1 Å². The first-order valence-electron chi connectivity index (χ1n) is 6.37. The monoisotopic (exact) mass is 295 g/mol. The second-order valence-electron chi connectivity index (χ2n) is 5.18. The third-order valence-corrected chi connectivity index (χ3v) is 4.58. The van der Waals surface area contributed by atoms with Crippen molar-refractivity contribution in [3.63, 3.8) is 0 Å². The average molecular weight is 296 g/mol. The Hall–Kier alpha value is -0.380. The number of likely N-dealkylation sites (tertiary alicyclic amines) is 1. The van der Waals surface area contributed by atoms with Crippen molar-refractivity contribution in [2.45, 2.75) is 31.4 Å². The largest absolute Gasteiger partial charge is 0.375 e. The van der Waals surface area contributed by atoms with Crippen LogP contribution in [0.15, 0.2) is 28.7 Å². The molecule has 3 rings (SSSR count). The number of halogens is 1. The highest BCUT2D eigenvalue weighted by atomic mass is 79.9. The van der Waals surface area contributed by atoms with Crippen LogP contribution >= 0.6 is 15.9 Å². The van der Waals surface area contributed by atoms with Crippen molar-refractivity contribution >= 4 is 15.9 Å². The van der Waals surface area contributed by atoms with E-state index >= 15 is 0 Å². The number of rotatable bonds is 2. The molecule has 2 saturated heterocycles. The molecular formula is C14H18BrNO. The first-order valence-corrected chi connectivity index (χ1v) is 7.16. The zero-order chi connectivity index (χ0) is 11.7. The normalized spacial score (nSPS) is 23.6. The zero-order valence-electron chi connectivity index (χ0n) is 9.99. The van der Waals surface area contributed by atoms with Crippen LogP contribution in [0.2, 0.25) is 0 Å². The maximum Gasteiger partial charge on any atom is 0.0728 e. The van der Waals surface area contributed by atoms with Gasteiger partial charge in [-0.05, 0) is 37.0 Å². The summed E-state index contributed by atoms with van der Waals surface area (Å²) in [6, 6.07) is 8.65. The van der Waals surface area contributed by atoms with Crippen LogP contribution in [0, 0.1) is 0 Å². The number of hydrogen-bond acceptors (Lipinski definition) is 2. The van der Waals surface area contributed by atoms with E-state index in [1.165, 1.54) is 37.9 Å². The average Bonchev–Trinajstić information content (AvgIpc) is 2.31. The minimum atomic E-state index is 0.274. The van der Waals surface area contributed by atoms with E-state index < -0.39 is 0 Å². The summed E-state index contributed by atoms with van der Waals surface area (Å²) < 4.78 is 6.89. The Morgan fingerprint density at radius 3 is 2.29 bits per heavy atom. The summed E-state index contributed by atoms with van der Waals surface area (Å²) in [5, 5.41) is 0. The standard InChI is InChI=1S/C14H18BrNO/c15-13-3-1-12(2-4-13)11-16-8-5-14(6-9-16)7-10-17-14/h1-4H,5-11H2. The summed E-state index contributed by atoms with van der Waals surface area (Å²) >= 11 is 3.47. The van der Waals surface area contributed by atoms with E-state index in [9.17, 15) is 0 Å². The highest BCUT2D eigenvalue weighted by molar-refractivity contribution is 9.10. The lowest BCUT2D eigenvalue weighted by atomic mass is 9.84. The molecule has 0 amide bonds. The molecule has 0 unspecified atom stereocenters. The van der Waals surface area contributed by atoms with Crippen molar-refractivity contribution < 1.29 is 4.74 Å². The predicted molar refractivity (Wildman–Crippen MR) is 72.0 cm³/mol. The van der Waals surface area contributed by atoms with Gasteiger partial charge in [0.15, 0.2) is 0 Å². The SMILES string of the molecule is Brc1ccc(CN2CCC3(CCO3)CC2)cc1. The van der Waals surface area contributed by atoms with Gasteiger partial charge in [0.25, 0.3) is 0 Å². The summed E-state index contributed by atoms with van der Waals surface area (Å²) in [6.07, 6.45) is 3.70. The van der Waals surface area contributed by atoms with Gasteiger partial charge in [-0.3, -0.25) is 4.90 Å². The molecule has 17 heavy (non-hydrogen) atoms. The fourth-order valence-electron chi connectivity index (χ4n) is 2.75. The first kappa shape index (κ1) is 11.7. The zero-order valence-corrected chi connectivity index (χ0v) is 11.6. The minimum Gasteiger partial charge on any atom is -0.375 e. The van der Waals surface area contributed by atoms with Gasteiger partial charge in [-0.25, -0.2) is 0 Å². The molecule has 2 fully saturated rings. The Bertz CT molecular complexity index is 376. The third-order valence-electron chi connectivity index (χ3n) is 4.05. The fraction of sp³-hybridized carbons (Fsp3) is 0.571. The summed E-state index contributed by atoms with van der Waals surface area (Å²) in [4.78, 5) is 2.54. The van der Waals surface area contributed by atoms with Gasteiger partial charge in [-0.15, -0.1) is 0 Å². The number of nitrogens with zero attached hydrogens (tertiary/aromatic N) is 1. The Kier molecular flexibility index (Phi) is 3.24.